The predicted octanol–water partition coefficient (Wildman–Crippen LogP) is 4.41. The summed E-state index contributed by atoms with van der Waals surface area (Å²) >= 11 is 2.02. The molecule has 0 saturated heterocycles. The molecular weight excluding hydrogens is 466 g/mol. The average Bonchev–Trinajstić information content (AvgIpc) is 3.20. The number of benzene rings is 2. The van der Waals surface area contributed by atoms with E-state index in [1.807, 2.05) is 0 Å². The van der Waals surface area contributed by atoms with Gasteiger partial charge in [0.2, 0.25) is 5.91 Å². The highest BCUT2D eigenvalue weighted by molar-refractivity contribution is 7.99. The Kier molecular flexibility index (Phi) is 6.28. The molecule has 5 nitrogen and oxygen atoms in total. The van der Waals surface area contributed by atoms with Gasteiger partial charge in [-0.2, -0.15) is 0 Å². The molecule has 0 aliphatic heterocycles. The van der Waals surface area contributed by atoms with Crippen molar-refractivity contribution in [2.75, 3.05) is 5.75 Å². The van der Waals surface area contributed by atoms with E-state index in [4.69, 9.17) is 0 Å². The molecule has 0 aliphatic carbocycles. The summed E-state index contributed by atoms with van der Waals surface area (Å²) in [4.78, 5) is 29.6. The van der Waals surface area contributed by atoms with Crippen LogP contribution in [0.4, 0.5) is 17.6 Å². The van der Waals surface area contributed by atoms with Crippen LogP contribution >= 0.6 is 23.1 Å². The van der Waals surface area contributed by atoms with Crippen molar-refractivity contribution in [1.29, 1.82) is 0 Å². The van der Waals surface area contributed by atoms with E-state index in [1.54, 1.807) is 11.4 Å². The number of nitrogens with zero attached hydrogens (tertiary/aromatic N) is 2. The summed E-state index contributed by atoms with van der Waals surface area (Å²) in [6, 6.07) is 7.31. The van der Waals surface area contributed by atoms with Crippen LogP contribution in [0.3, 0.4) is 0 Å². The van der Waals surface area contributed by atoms with Gasteiger partial charge in [0.1, 0.15) is 28.0 Å². The van der Waals surface area contributed by atoms with Crippen LogP contribution in [0.2, 0.25) is 0 Å². The van der Waals surface area contributed by atoms with Crippen LogP contribution in [0.1, 0.15) is 5.56 Å². The van der Waals surface area contributed by atoms with Gasteiger partial charge in [-0.15, -0.1) is 11.3 Å². The molecule has 4 rings (SSSR count). The van der Waals surface area contributed by atoms with Gasteiger partial charge in [0.15, 0.2) is 5.16 Å². The van der Waals surface area contributed by atoms with E-state index in [9.17, 15) is 27.2 Å². The van der Waals surface area contributed by atoms with Crippen LogP contribution < -0.4 is 10.9 Å². The third-order valence-electron chi connectivity index (χ3n) is 4.38. The van der Waals surface area contributed by atoms with E-state index in [-0.39, 0.29) is 28.7 Å². The summed E-state index contributed by atoms with van der Waals surface area (Å²) in [5.41, 5.74) is -0.0861. The minimum atomic E-state index is -0.867. The molecule has 11 heteroatoms. The number of thiophene rings is 1. The summed E-state index contributed by atoms with van der Waals surface area (Å²) in [7, 11) is 0. The third kappa shape index (κ3) is 4.68. The standard InChI is InChI=1S/C21H13F4N3O2S2/c22-12-2-1-11(16(25)8-12)9-26-18(29)10-32-21-27-17-3-4-31-19(17)20(30)28(21)15-6-13(23)5-14(24)7-15/h1-8H,9-10H2,(H,26,29). The summed E-state index contributed by atoms with van der Waals surface area (Å²) in [5, 5.41) is 4.22. The second kappa shape index (κ2) is 9.13. The fourth-order valence-electron chi connectivity index (χ4n) is 2.92. The lowest BCUT2D eigenvalue weighted by atomic mass is 10.2. The Labute approximate surface area is 186 Å². The van der Waals surface area contributed by atoms with Crippen LogP contribution in [0, 0.1) is 23.3 Å². The Balaban J connectivity index is 1.58. The Morgan fingerprint density at radius 3 is 2.50 bits per heavy atom. The van der Waals surface area contributed by atoms with Crippen molar-refractivity contribution in [3.8, 4) is 5.69 Å². The second-order valence-corrected chi connectivity index (χ2v) is 8.46. The summed E-state index contributed by atoms with van der Waals surface area (Å²) in [5.74, 6) is -3.96. The molecule has 32 heavy (non-hydrogen) atoms. The molecule has 0 aliphatic rings. The third-order valence-corrected chi connectivity index (χ3v) is 6.21. The zero-order valence-electron chi connectivity index (χ0n) is 16.1. The lowest BCUT2D eigenvalue weighted by Gasteiger charge is -2.12. The maximum absolute atomic E-state index is 13.8. The highest BCUT2D eigenvalue weighted by atomic mass is 32.2. The van der Waals surface area contributed by atoms with Crippen molar-refractivity contribution in [1.82, 2.24) is 14.9 Å². The van der Waals surface area contributed by atoms with Crippen molar-refractivity contribution < 1.29 is 22.4 Å². The minimum absolute atomic E-state index is 0.0633. The van der Waals surface area contributed by atoms with Gasteiger partial charge in [-0.1, -0.05) is 17.8 Å². The fraction of sp³-hybridized carbons (Fsp3) is 0.0952. The van der Waals surface area contributed by atoms with E-state index in [1.165, 1.54) is 6.07 Å². The summed E-state index contributed by atoms with van der Waals surface area (Å²) in [6.07, 6.45) is 0. The van der Waals surface area contributed by atoms with Gasteiger partial charge in [-0.3, -0.25) is 14.2 Å². The normalized spacial score (nSPS) is 11.1. The van der Waals surface area contributed by atoms with Gasteiger partial charge in [0.05, 0.1) is 17.0 Å². The van der Waals surface area contributed by atoms with Crippen molar-refractivity contribution >= 4 is 39.2 Å². The molecule has 0 saturated carbocycles. The number of rotatable bonds is 6. The number of carbonyl (C=O) groups is 1. The van der Waals surface area contributed by atoms with Crippen LogP contribution in [0.5, 0.6) is 0 Å². The molecule has 164 valence electrons. The van der Waals surface area contributed by atoms with Crippen LogP contribution in [0.15, 0.2) is 57.8 Å². The highest BCUT2D eigenvalue weighted by Gasteiger charge is 2.17. The van der Waals surface area contributed by atoms with Crippen molar-refractivity contribution in [2.45, 2.75) is 11.7 Å². The maximum Gasteiger partial charge on any atom is 0.276 e. The smallest absolute Gasteiger partial charge is 0.276 e. The quantitative estimate of drug-likeness (QED) is 0.253. The monoisotopic (exact) mass is 479 g/mol. The maximum atomic E-state index is 13.8. The predicted molar refractivity (Wildman–Crippen MR) is 114 cm³/mol. The molecule has 0 bridgehead atoms. The average molecular weight is 479 g/mol. The van der Waals surface area contributed by atoms with Gasteiger partial charge in [0.25, 0.3) is 5.56 Å². The van der Waals surface area contributed by atoms with Crippen molar-refractivity contribution in [3.05, 3.63) is 87.0 Å². The lowest BCUT2D eigenvalue weighted by molar-refractivity contribution is -0.118. The van der Waals surface area contributed by atoms with Gasteiger partial charge >= 0.3 is 0 Å². The number of nitrogens with one attached hydrogen (secondary N) is 1. The first-order valence-corrected chi connectivity index (χ1v) is 11.0. The molecular formula is C21H13F4N3O2S2. The molecule has 2 heterocycles. The van der Waals surface area contributed by atoms with E-state index < -0.39 is 34.7 Å². The second-order valence-electron chi connectivity index (χ2n) is 6.60. The van der Waals surface area contributed by atoms with Gasteiger partial charge < -0.3 is 5.32 Å². The molecule has 2 aromatic heterocycles. The van der Waals surface area contributed by atoms with Crippen LogP contribution in [-0.4, -0.2) is 21.2 Å². The largest absolute Gasteiger partial charge is 0.351 e. The fourth-order valence-corrected chi connectivity index (χ4v) is 4.53. The first kappa shape index (κ1) is 22.0. The summed E-state index contributed by atoms with van der Waals surface area (Å²) in [6.45, 7) is -0.162. The number of halogens is 4. The van der Waals surface area contributed by atoms with Gasteiger partial charge in [-0.25, -0.2) is 22.5 Å². The zero-order chi connectivity index (χ0) is 22.8. The van der Waals surface area contributed by atoms with Crippen LogP contribution in [-0.2, 0) is 11.3 Å². The molecule has 0 atom stereocenters. The number of thioether (sulfide) groups is 1. The van der Waals surface area contributed by atoms with Crippen molar-refractivity contribution in [3.63, 3.8) is 0 Å². The minimum Gasteiger partial charge on any atom is -0.351 e. The highest BCUT2D eigenvalue weighted by Crippen LogP contribution is 2.24. The van der Waals surface area contributed by atoms with E-state index >= 15 is 0 Å². The number of aromatic nitrogens is 2. The number of fused-ring (bicyclic) bond motifs is 1. The summed E-state index contributed by atoms with van der Waals surface area (Å²) < 4.78 is 55.6. The molecule has 1 N–H and O–H groups in total. The molecule has 4 aromatic rings. The van der Waals surface area contributed by atoms with E-state index in [0.717, 1.165) is 45.9 Å². The number of hydrogen-bond donors (Lipinski definition) is 1. The van der Waals surface area contributed by atoms with E-state index in [2.05, 4.69) is 10.3 Å². The molecule has 0 spiro atoms. The first-order chi connectivity index (χ1) is 15.3. The molecule has 0 unspecified atom stereocenters. The Morgan fingerprint density at radius 1 is 1.03 bits per heavy atom. The molecule has 2 aromatic carbocycles. The Morgan fingerprint density at radius 2 is 1.78 bits per heavy atom. The molecule has 0 radical (unpaired) electrons. The van der Waals surface area contributed by atoms with Gasteiger partial charge in [-0.05, 0) is 29.6 Å². The number of carbonyl (C=O) groups excluding carboxylic acids is 1. The molecule has 0 fully saturated rings. The Bertz CT molecular complexity index is 1370. The number of amides is 1. The topological polar surface area (TPSA) is 64.0 Å². The van der Waals surface area contributed by atoms with E-state index in [0.29, 0.717) is 22.3 Å². The van der Waals surface area contributed by atoms with Gasteiger partial charge in [0, 0.05) is 24.2 Å². The van der Waals surface area contributed by atoms with Crippen molar-refractivity contribution in [2.24, 2.45) is 0 Å². The lowest BCUT2D eigenvalue weighted by Crippen LogP contribution is -2.26. The number of hydrogen-bond acceptors (Lipinski definition) is 5. The SMILES string of the molecule is O=C(CSc1nc2ccsc2c(=O)n1-c1cc(F)cc(F)c1)NCc1ccc(F)cc1F. The van der Waals surface area contributed by atoms with Crippen LogP contribution in [0.25, 0.3) is 15.9 Å². The zero-order valence-corrected chi connectivity index (χ0v) is 17.7. The molecule has 1 amide bonds. The first-order valence-electron chi connectivity index (χ1n) is 9.12. The Hall–Kier alpha value is -3.18.